The van der Waals surface area contributed by atoms with Crippen molar-refractivity contribution in [3.63, 3.8) is 0 Å². The summed E-state index contributed by atoms with van der Waals surface area (Å²) in [5.41, 5.74) is 11.0. The summed E-state index contributed by atoms with van der Waals surface area (Å²) in [4.78, 5) is 25.0. The molecular formula is C49H31N5. The summed E-state index contributed by atoms with van der Waals surface area (Å²) >= 11 is 0. The van der Waals surface area contributed by atoms with Crippen LogP contribution < -0.4 is 0 Å². The molecule has 0 spiro atoms. The Kier molecular flexibility index (Phi) is 7.73. The lowest BCUT2D eigenvalue weighted by molar-refractivity contribution is 1.07. The average molecular weight is 690 g/mol. The first-order chi connectivity index (χ1) is 26.7. The molecule has 0 N–H and O–H groups in total. The zero-order valence-electron chi connectivity index (χ0n) is 29.1. The van der Waals surface area contributed by atoms with Crippen LogP contribution in [0.1, 0.15) is 0 Å². The van der Waals surface area contributed by atoms with Crippen molar-refractivity contribution in [2.75, 3.05) is 0 Å². The van der Waals surface area contributed by atoms with Crippen LogP contribution in [0.2, 0.25) is 0 Å². The van der Waals surface area contributed by atoms with Gasteiger partial charge in [0.05, 0.1) is 22.4 Å². The zero-order valence-corrected chi connectivity index (χ0v) is 29.1. The number of aromatic nitrogens is 5. The van der Waals surface area contributed by atoms with Crippen molar-refractivity contribution in [1.82, 2.24) is 24.9 Å². The molecule has 0 unspecified atom stereocenters. The highest BCUT2D eigenvalue weighted by Gasteiger charge is 2.16. The number of para-hydroxylation sites is 1. The third kappa shape index (κ3) is 5.74. The summed E-state index contributed by atoms with van der Waals surface area (Å²) in [6, 6.07) is 64.6. The molecule has 0 fully saturated rings. The van der Waals surface area contributed by atoms with Crippen LogP contribution in [0.3, 0.4) is 0 Å². The molecule has 0 aliphatic carbocycles. The molecule has 0 atom stereocenters. The normalized spacial score (nSPS) is 11.3. The Morgan fingerprint density at radius 3 is 1.28 bits per heavy atom. The number of pyridine rings is 2. The maximum absolute atomic E-state index is 5.26. The van der Waals surface area contributed by atoms with E-state index in [0.717, 1.165) is 77.5 Å². The van der Waals surface area contributed by atoms with Gasteiger partial charge in [0.25, 0.3) is 0 Å². The van der Waals surface area contributed by atoms with Gasteiger partial charge < -0.3 is 0 Å². The maximum atomic E-state index is 5.26. The topological polar surface area (TPSA) is 64.5 Å². The van der Waals surface area contributed by atoms with Crippen LogP contribution in [0.15, 0.2) is 188 Å². The van der Waals surface area contributed by atoms with E-state index in [0.29, 0.717) is 17.5 Å². The first kappa shape index (κ1) is 31.4. The van der Waals surface area contributed by atoms with E-state index in [1.165, 1.54) is 5.39 Å². The van der Waals surface area contributed by atoms with Gasteiger partial charge in [0.1, 0.15) is 0 Å². The summed E-state index contributed by atoms with van der Waals surface area (Å²) in [6.45, 7) is 0. The largest absolute Gasteiger partial charge is 0.248 e. The molecule has 0 amide bonds. The molecule has 54 heavy (non-hydrogen) atoms. The summed E-state index contributed by atoms with van der Waals surface area (Å²) in [5, 5.41) is 4.50. The molecule has 0 aliphatic rings. The quantitative estimate of drug-likeness (QED) is 0.163. The number of hydrogen-bond acceptors (Lipinski definition) is 5. The van der Waals surface area contributed by atoms with E-state index >= 15 is 0 Å². The van der Waals surface area contributed by atoms with Gasteiger partial charge in [-0.2, -0.15) is 0 Å². The molecule has 0 aliphatic heterocycles. The molecule has 0 bridgehead atoms. The SMILES string of the molecule is c1ccc(-c2ccc3c(ccc4c5ccccc5nc(-c5ccc(-c6ccc(-c7nc(-c8ccccc8)nc(-c8ccccc8)n7)cc6)cc5)c34)n2)cc1. The Hall–Kier alpha value is -7.37. The van der Waals surface area contributed by atoms with Crippen LogP contribution in [0.4, 0.5) is 0 Å². The van der Waals surface area contributed by atoms with E-state index in [9.17, 15) is 0 Å². The average Bonchev–Trinajstić information content (AvgIpc) is 3.26. The monoisotopic (exact) mass is 689 g/mol. The highest BCUT2D eigenvalue weighted by Crippen LogP contribution is 2.38. The van der Waals surface area contributed by atoms with Gasteiger partial charge in [-0.05, 0) is 40.8 Å². The van der Waals surface area contributed by atoms with Crippen molar-refractivity contribution in [1.29, 1.82) is 0 Å². The van der Waals surface area contributed by atoms with Crippen LogP contribution in [-0.2, 0) is 0 Å². The summed E-state index contributed by atoms with van der Waals surface area (Å²) < 4.78 is 0. The molecule has 10 rings (SSSR count). The fourth-order valence-corrected chi connectivity index (χ4v) is 7.21. The summed E-state index contributed by atoms with van der Waals surface area (Å²) in [5.74, 6) is 1.93. The third-order valence-electron chi connectivity index (χ3n) is 9.94. The van der Waals surface area contributed by atoms with Crippen molar-refractivity contribution >= 4 is 32.6 Å². The number of fused-ring (bicyclic) bond motifs is 5. The molecule has 252 valence electrons. The molecule has 0 saturated heterocycles. The lowest BCUT2D eigenvalue weighted by atomic mass is 9.95. The van der Waals surface area contributed by atoms with E-state index in [2.05, 4.69) is 103 Å². The van der Waals surface area contributed by atoms with Crippen LogP contribution in [0, 0.1) is 0 Å². The Morgan fingerprint density at radius 2 is 0.685 bits per heavy atom. The highest BCUT2D eigenvalue weighted by molar-refractivity contribution is 6.20. The van der Waals surface area contributed by atoms with Crippen molar-refractivity contribution in [3.05, 3.63) is 188 Å². The van der Waals surface area contributed by atoms with Gasteiger partial charge in [0.2, 0.25) is 0 Å². The van der Waals surface area contributed by atoms with Crippen LogP contribution >= 0.6 is 0 Å². The predicted molar refractivity (Wildman–Crippen MR) is 221 cm³/mol. The molecule has 3 aromatic heterocycles. The lowest BCUT2D eigenvalue weighted by Gasteiger charge is -2.14. The second-order valence-electron chi connectivity index (χ2n) is 13.3. The molecule has 0 saturated carbocycles. The van der Waals surface area contributed by atoms with E-state index in [1.807, 2.05) is 84.9 Å². The highest BCUT2D eigenvalue weighted by atomic mass is 15.0. The molecule has 10 aromatic rings. The van der Waals surface area contributed by atoms with Crippen LogP contribution in [0.5, 0.6) is 0 Å². The zero-order chi connectivity index (χ0) is 35.8. The first-order valence-electron chi connectivity index (χ1n) is 18.0. The Balaban J connectivity index is 1.02. The van der Waals surface area contributed by atoms with Gasteiger partial charge in [0.15, 0.2) is 17.5 Å². The van der Waals surface area contributed by atoms with Gasteiger partial charge in [-0.25, -0.2) is 24.9 Å². The molecule has 0 radical (unpaired) electrons. The van der Waals surface area contributed by atoms with Crippen LogP contribution in [-0.4, -0.2) is 24.9 Å². The summed E-state index contributed by atoms with van der Waals surface area (Å²) in [6.07, 6.45) is 0. The van der Waals surface area contributed by atoms with Crippen molar-refractivity contribution in [2.24, 2.45) is 0 Å². The molecule has 5 nitrogen and oxygen atoms in total. The van der Waals surface area contributed by atoms with Crippen molar-refractivity contribution in [3.8, 4) is 67.8 Å². The minimum Gasteiger partial charge on any atom is -0.248 e. The number of hydrogen-bond donors (Lipinski definition) is 0. The first-order valence-corrected chi connectivity index (χ1v) is 18.0. The molecular weight excluding hydrogens is 659 g/mol. The summed E-state index contributed by atoms with van der Waals surface area (Å²) in [7, 11) is 0. The number of nitrogens with zero attached hydrogens (tertiary/aromatic N) is 5. The predicted octanol–water partition coefficient (Wildman–Crippen LogP) is 12.1. The van der Waals surface area contributed by atoms with Gasteiger partial charge in [-0.3, -0.25) is 0 Å². The van der Waals surface area contributed by atoms with E-state index in [1.54, 1.807) is 0 Å². The standard InChI is InChI=1S/C49H31N5/c1-4-12-34(13-5-1)42-30-29-41-44(50-42)31-28-40-39-18-10-11-19-43(39)51-46(45(40)41)35-24-20-32(21-25-35)33-22-26-38(27-23-33)49-53-47(36-14-6-2-7-15-36)52-48(54-49)37-16-8-3-9-17-37/h1-31H. The number of rotatable bonds is 6. The van der Waals surface area contributed by atoms with Gasteiger partial charge in [0, 0.05) is 44.0 Å². The Bertz CT molecular complexity index is 2890. The fraction of sp³-hybridized carbons (Fsp3) is 0. The molecule has 7 aromatic carbocycles. The third-order valence-corrected chi connectivity index (χ3v) is 9.94. The Labute approximate surface area is 312 Å². The minimum absolute atomic E-state index is 0.636. The molecule has 5 heteroatoms. The van der Waals surface area contributed by atoms with Gasteiger partial charge in [-0.1, -0.05) is 164 Å². The molecule has 3 heterocycles. The van der Waals surface area contributed by atoms with Gasteiger partial charge >= 0.3 is 0 Å². The smallest absolute Gasteiger partial charge is 0.164 e. The minimum atomic E-state index is 0.636. The van der Waals surface area contributed by atoms with Crippen LogP contribution in [0.25, 0.3) is 100 Å². The maximum Gasteiger partial charge on any atom is 0.164 e. The van der Waals surface area contributed by atoms with Gasteiger partial charge in [-0.15, -0.1) is 0 Å². The fourth-order valence-electron chi connectivity index (χ4n) is 7.21. The van der Waals surface area contributed by atoms with E-state index in [-0.39, 0.29) is 0 Å². The Morgan fingerprint density at radius 1 is 0.241 bits per heavy atom. The van der Waals surface area contributed by atoms with Crippen molar-refractivity contribution < 1.29 is 0 Å². The second kappa shape index (κ2) is 13.3. The second-order valence-corrected chi connectivity index (χ2v) is 13.3. The van der Waals surface area contributed by atoms with E-state index < -0.39 is 0 Å². The number of benzene rings is 7. The lowest BCUT2D eigenvalue weighted by Crippen LogP contribution is -2.00. The van der Waals surface area contributed by atoms with E-state index in [4.69, 9.17) is 24.9 Å². The van der Waals surface area contributed by atoms with Crippen molar-refractivity contribution in [2.45, 2.75) is 0 Å².